The predicted molar refractivity (Wildman–Crippen MR) is 134 cm³/mol. The molecule has 3 amide bonds. The van der Waals surface area contributed by atoms with E-state index in [1.807, 2.05) is 0 Å². The number of nitrogens with one attached hydrogen (secondary N) is 2. The van der Waals surface area contributed by atoms with E-state index in [0.717, 1.165) is 5.06 Å². The van der Waals surface area contributed by atoms with Crippen molar-refractivity contribution < 1.29 is 36.4 Å². The molecule has 190 valence electrons. The number of halogens is 1. The van der Waals surface area contributed by atoms with Gasteiger partial charge in [-0.25, -0.2) is 15.0 Å². The molecule has 2 heterocycles. The topological polar surface area (TPSA) is 131 Å². The summed E-state index contributed by atoms with van der Waals surface area (Å²) in [6.07, 6.45) is 3.31. The summed E-state index contributed by atoms with van der Waals surface area (Å²) in [6, 6.07) is 6.39. The normalized spacial score (nSPS) is 8.43. The number of carbonyl (C=O) groups excluding carboxylic acids is 4. The van der Waals surface area contributed by atoms with Crippen molar-refractivity contribution in [2.24, 2.45) is 0 Å². The summed E-state index contributed by atoms with van der Waals surface area (Å²) in [4.78, 5) is 56.8. The van der Waals surface area contributed by atoms with Crippen LogP contribution in [0.15, 0.2) is 36.7 Å². The number of anilines is 2. The second kappa shape index (κ2) is 21.9. The Kier molecular flexibility index (Phi) is 24.8. The van der Waals surface area contributed by atoms with Gasteiger partial charge in [0.1, 0.15) is 11.6 Å². The minimum Gasteiger partial charge on any atom is -1.00 e. The Labute approximate surface area is 230 Å². The minimum absolute atomic E-state index is 0. The Hall–Kier alpha value is -2.60. The average Bonchev–Trinajstić information content (AvgIpc) is 2.79. The summed E-state index contributed by atoms with van der Waals surface area (Å²) < 4.78 is 0. The maximum Gasteiger partial charge on any atom is 2.00 e. The molecule has 2 rings (SSSR count). The molecule has 0 aromatic carbocycles. The van der Waals surface area contributed by atoms with Crippen molar-refractivity contribution in [3.63, 3.8) is 0 Å². The van der Waals surface area contributed by atoms with Gasteiger partial charge >= 0.3 is 23.1 Å². The van der Waals surface area contributed by atoms with Crippen LogP contribution in [0.1, 0.15) is 62.3 Å². The van der Waals surface area contributed by atoms with Gasteiger partial charge in [0.25, 0.3) is 5.91 Å². The Morgan fingerprint density at radius 1 is 0.914 bits per heavy atom. The maximum absolute atomic E-state index is 11.6. The van der Waals surface area contributed by atoms with E-state index in [4.69, 9.17) is 4.84 Å². The zero-order chi connectivity index (χ0) is 24.7. The Balaban J connectivity index is -0.000000239. The summed E-state index contributed by atoms with van der Waals surface area (Å²) in [5.74, 6) is 0.234. The fourth-order valence-electron chi connectivity index (χ4n) is 2.06. The van der Waals surface area contributed by atoms with E-state index in [1.54, 1.807) is 38.1 Å². The number of Topliss-reactive ketones (excluding diaryl/α,β-unsaturated/α-hetero) is 1. The van der Waals surface area contributed by atoms with Gasteiger partial charge in [-0.1, -0.05) is 14.4 Å². The first-order valence-corrected chi connectivity index (χ1v) is 9.71. The largest absolute Gasteiger partial charge is 2.00 e. The fourth-order valence-corrected chi connectivity index (χ4v) is 2.06. The number of pyridine rings is 2. The Morgan fingerprint density at radius 3 is 1.60 bits per heavy atom. The van der Waals surface area contributed by atoms with Gasteiger partial charge < -0.3 is 30.0 Å². The summed E-state index contributed by atoms with van der Waals surface area (Å²) in [5, 5.41) is 6.13. The van der Waals surface area contributed by atoms with Crippen LogP contribution in [0.25, 0.3) is 0 Å². The number of rotatable bonds is 6. The average molecular weight is 520 g/mol. The van der Waals surface area contributed by atoms with Gasteiger partial charge in [0.2, 0.25) is 11.8 Å². The van der Waals surface area contributed by atoms with Crippen LogP contribution in [0.2, 0.25) is 0 Å². The second-order valence-electron chi connectivity index (χ2n) is 5.99. The number of nitrogens with zero attached hydrogens (tertiary/aromatic N) is 3. The molecule has 2 N–H and O–H groups in total. The Morgan fingerprint density at radius 2 is 1.31 bits per heavy atom. The van der Waals surface area contributed by atoms with Crippen LogP contribution >= 0.6 is 0 Å². The quantitative estimate of drug-likeness (QED) is 0.244. The van der Waals surface area contributed by atoms with E-state index in [0.29, 0.717) is 29.2 Å². The van der Waals surface area contributed by atoms with Crippen molar-refractivity contribution >= 4 is 58.2 Å². The van der Waals surface area contributed by atoms with Crippen molar-refractivity contribution in [2.75, 3.05) is 24.8 Å². The first-order valence-electron chi connectivity index (χ1n) is 9.71. The summed E-state index contributed by atoms with van der Waals surface area (Å²) in [7, 11) is 2.90. The molecule has 12 heteroatoms. The van der Waals surface area contributed by atoms with Crippen molar-refractivity contribution in [2.45, 2.75) is 41.5 Å². The van der Waals surface area contributed by atoms with E-state index in [9.17, 15) is 19.2 Å². The van der Waals surface area contributed by atoms with Crippen LogP contribution in [0.5, 0.6) is 0 Å². The van der Waals surface area contributed by atoms with Gasteiger partial charge in [-0.2, -0.15) is 6.92 Å². The number of aromatic nitrogens is 2. The molecule has 2 aromatic heterocycles. The first kappa shape index (κ1) is 39.6. The second-order valence-corrected chi connectivity index (χ2v) is 5.99. The van der Waals surface area contributed by atoms with Crippen molar-refractivity contribution in [3.8, 4) is 0 Å². The number of hydrogen-bond donors (Lipinski definition) is 2. The van der Waals surface area contributed by atoms with Gasteiger partial charge in [-0.15, -0.1) is 0 Å². The van der Waals surface area contributed by atoms with E-state index < -0.39 is 0 Å². The predicted octanol–water partition coefficient (Wildman–Crippen LogP) is 0.406. The Bertz CT molecular complexity index is 896. The molecule has 10 nitrogen and oxygen atoms in total. The molecule has 2 aromatic rings. The molecule has 0 atom stereocenters. The number of hydrogen-bond acceptors (Lipinski definition) is 7. The SMILES string of the molecule is C.CCC(=O)c1ccc(NC(C)=O)nc1.CON(C)C(=O)c1ccc(NC(C)=O)nc1.[CH2-]C.[Cl-].[Mg+2]. The molecule has 0 saturated heterocycles. The third-order valence-corrected chi connectivity index (χ3v) is 3.59. The zero-order valence-corrected chi connectivity index (χ0v) is 22.5. The van der Waals surface area contributed by atoms with Crippen molar-refractivity contribution in [1.82, 2.24) is 15.0 Å². The standard InChI is InChI=1S/C10H13N3O3.C10H12N2O2.C2H5.CH4.ClH.Mg/c1-7(14)12-9-5-4-8(6-11-9)10(15)13(2)16-3;1-3-9(14)8-4-5-10(11-6-8)12-7(2)13;1-2;;;/h4-6H,1-3H3,(H,11,12,14);4-6H,3H2,1-2H3,(H,11,12,13);1H2,2H3;1H4;1H;/q;;-1;;;+2/p-1. The first-order chi connectivity index (χ1) is 15.2. The van der Waals surface area contributed by atoms with Crippen LogP contribution in [0, 0.1) is 6.92 Å². The minimum atomic E-state index is -0.302. The monoisotopic (exact) mass is 519 g/mol. The van der Waals surface area contributed by atoms with Crippen LogP contribution in [-0.2, 0) is 14.4 Å². The molecule has 35 heavy (non-hydrogen) atoms. The number of amides is 3. The molecular weight excluding hydrogens is 486 g/mol. The van der Waals surface area contributed by atoms with Crippen molar-refractivity contribution in [3.05, 3.63) is 54.7 Å². The number of hydroxylamine groups is 2. The third kappa shape index (κ3) is 15.8. The number of carbonyl (C=O) groups is 4. The molecule has 0 bridgehead atoms. The molecule has 0 aliphatic carbocycles. The van der Waals surface area contributed by atoms with Crippen LogP contribution in [-0.4, -0.2) is 75.7 Å². The van der Waals surface area contributed by atoms with E-state index in [2.05, 4.69) is 27.5 Å². The summed E-state index contributed by atoms with van der Waals surface area (Å²) in [5.41, 5.74) is 0.958. The summed E-state index contributed by atoms with van der Waals surface area (Å²) >= 11 is 0. The van der Waals surface area contributed by atoms with Crippen LogP contribution in [0.3, 0.4) is 0 Å². The molecular formula is C23H34ClMgN5O5. The van der Waals surface area contributed by atoms with E-state index >= 15 is 0 Å². The fraction of sp³-hybridized carbons (Fsp3) is 0.348. The van der Waals surface area contributed by atoms with Gasteiger partial charge in [0, 0.05) is 45.3 Å². The molecule has 0 unspecified atom stereocenters. The molecule has 0 spiro atoms. The molecule has 0 aliphatic heterocycles. The summed E-state index contributed by atoms with van der Waals surface area (Å²) in [6.45, 7) is 9.59. The zero-order valence-electron chi connectivity index (χ0n) is 20.3. The smallest absolute Gasteiger partial charge is 1.00 e. The van der Waals surface area contributed by atoms with Gasteiger partial charge in [0.05, 0.1) is 12.7 Å². The van der Waals surface area contributed by atoms with E-state index in [-0.39, 0.29) is 66.4 Å². The molecule has 0 saturated carbocycles. The van der Waals surface area contributed by atoms with Gasteiger partial charge in [-0.3, -0.25) is 24.0 Å². The third-order valence-electron chi connectivity index (χ3n) is 3.59. The van der Waals surface area contributed by atoms with Gasteiger partial charge in [0.15, 0.2) is 5.78 Å². The van der Waals surface area contributed by atoms with Crippen molar-refractivity contribution in [1.29, 1.82) is 0 Å². The van der Waals surface area contributed by atoms with E-state index in [1.165, 1.54) is 40.4 Å². The van der Waals surface area contributed by atoms with Gasteiger partial charge in [-0.05, 0) is 24.3 Å². The molecule has 0 radical (unpaired) electrons. The van der Waals surface area contributed by atoms with Crippen LogP contribution in [0.4, 0.5) is 11.6 Å². The maximum atomic E-state index is 11.6. The number of ketones is 1. The molecule has 0 aliphatic rings. The molecule has 0 fully saturated rings. The van der Waals surface area contributed by atoms with Crippen LogP contribution < -0.4 is 23.0 Å².